The summed E-state index contributed by atoms with van der Waals surface area (Å²) >= 11 is 0. The zero-order chi connectivity index (χ0) is 12.7. The number of piperidine rings is 1. The summed E-state index contributed by atoms with van der Waals surface area (Å²) in [6.07, 6.45) is 4.68. The molecule has 0 amide bonds. The van der Waals surface area contributed by atoms with Gasteiger partial charge in [-0.25, -0.2) is 0 Å². The fraction of sp³-hybridized carbons (Fsp3) is 0.786. The second-order valence-corrected chi connectivity index (χ2v) is 5.94. The summed E-state index contributed by atoms with van der Waals surface area (Å²) in [5.74, 6) is 0.859. The summed E-state index contributed by atoms with van der Waals surface area (Å²) < 4.78 is 1.96. The number of nitrogens with zero attached hydrogens (tertiary/aromatic N) is 3. The Hall–Kier alpha value is -0.870. The highest BCUT2D eigenvalue weighted by Crippen LogP contribution is 2.29. The van der Waals surface area contributed by atoms with Crippen LogP contribution < -0.4 is 5.32 Å². The molecule has 2 bridgehead atoms. The van der Waals surface area contributed by atoms with Gasteiger partial charge in [-0.1, -0.05) is 0 Å². The third-order valence-electron chi connectivity index (χ3n) is 4.84. The lowest BCUT2D eigenvalue weighted by Crippen LogP contribution is -2.44. The molecule has 100 valence electrons. The first-order valence-corrected chi connectivity index (χ1v) is 7.12. The van der Waals surface area contributed by atoms with Crippen molar-refractivity contribution in [1.29, 1.82) is 0 Å². The van der Waals surface area contributed by atoms with E-state index in [0.29, 0.717) is 12.1 Å². The molecule has 4 nitrogen and oxygen atoms in total. The molecule has 2 fully saturated rings. The van der Waals surface area contributed by atoms with Crippen LogP contribution in [-0.2, 0) is 7.05 Å². The van der Waals surface area contributed by atoms with Gasteiger partial charge in [-0.05, 0) is 45.7 Å². The first-order valence-electron chi connectivity index (χ1n) is 7.12. The Morgan fingerprint density at radius 3 is 2.89 bits per heavy atom. The van der Waals surface area contributed by atoms with E-state index in [1.807, 2.05) is 17.9 Å². The molecule has 0 aromatic carbocycles. The lowest BCUT2D eigenvalue weighted by molar-refractivity contribution is 0.212. The summed E-state index contributed by atoms with van der Waals surface area (Å²) in [6.45, 7) is 8.30. The summed E-state index contributed by atoms with van der Waals surface area (Å²) in [5.41, 5.74) is 2.62. The second-order valence-electron chi connectivity index (χ2n) is 5.94. The standard InChI is InChI=1S/C14H24N4/c1-10(13-8-15-17(3)11(13)2)16-14-5-7-18-6-4-12(14)9-18/h8,10,12,14,16H,4-7,9H2,1-3H3. The third-order valence-corrected chi connectivity index (χ3v) is 4.84. The molecule has 18 heavy (non-hydrogen) atoms. The highest BCUT2D eigenvalue weighted by atomic mass is 15.3. The van der Waals surface area contributed by atoms with Crippen molar-refractivity contribution in [3.05, 3.63) is 17.5 Å². The van der Waals surface area contributed by atoms with Crippen molar-refractivity contribution in [2.24, 2.45) is 13.0 Å². The smallest absolute Gasteiger partial charge is 0.0540 e. The van der Waals surface area contributed by atoms with Crippen molar-refractivity contribution in [3.8, 4) is 0 Å². The van der Waals surface area contributed by atoms with Crippen molar-refractivity contribution < 1.29 is 0 Å². The monoisotopic (exact) mass is 248 g/mol. The van der Waals surface area contributed by atoms with E-state index in [0.717, 1.165) is 5.92 Å². The maximum Gasteiger partial charge on any atom is 0.0540 e. The van der Waals surface area contributed by atoms with Crippen LogP contribution in [0.3, 0.4) is 0 Å². The molecule has 2 aliphatic rings. The molecule has 0 aliphatic carbocycles. The average Bonchev–Trinajstić information content (AvgIpc) is 2.89. The molecule has 4 unspecified atom stereocenters. The van der Waals surface area contributed by atoms with E-state index in [2.05, 4.69) is 29.2 Å². The van der Waals surface area contributed by atoms with Crippen LogP contribution in [0.25, 0.3) is 0 Å². The first-order chi connectivity index (χ1) is 8.65. The van der Waals surface area contributed by atoms with Crippen molar-refractivity contribution in [2.45, 2.75) is 38.8 Å². The minimum Gasteiger partial charge on any atom is -0.307 e. The van der Waals surface area contributed by atoms with Crippen molar-refractivity contribution in [1.82, 2.24) is 20.0 Å². The average molecular weight is 248 g/mol. The second kappa shape index (κ2) is 4.67. The van der Waals surface area contributed by atoms with Crippen LogP contribution >= 0.6 is 0 Å². The van der Waals surface area contributed by atoms with Gasteiger partial charge in [-0.2, -0.15) is 5.10 Å². The molecule has 0 spiro atoms. The predicted molar refractivity (Wildman–Crippen MR) is 72.4 cm³/mol. The highest BCUT2D eigenvalue weighted by molar-refractivity contribution is 5.20. The van der Waals surface area contributed by atoms with E-state index in [9.17, 15) is 0 Å². The molecule has 3 heterocycles. The van der Waals surface area contributed by atoms with Crippen LogP contribution in [0.15, 0.2) is 6.20 Å². The Bertz CT molecular complexity index is 425. The number of rotatable bonds is 3. The normalized spacial score (nSPS) is 32.7. The van der Waals surface area contributed by atoms with E-state index in [-0.39, 0.29) is 0 Å². The number of hydrogen-bond acceptors (Lipinski definition) is 3. The first kappa shape index (κ1) is 12.2. The van der Waals surface area contributed by atoms with Gasteiger partial charge in [0.2, 0.25) is 0 Å². The van der Waals surface area contributed by atoms with Gasteiger partial charge in [0.05, 0.1) is 6.20 Å². The van der Waals surface area contributed by atoms with Crippen LogP contribution in [0.5, 0.6) is 0 Å². The molecule has 3 rings (SSSR count). The quantitative estimate of drug-likeness (QED) is 0.879. The van der Waals surface area contributed by atoms with Gasteiger partial charge in [0.15, 0.2) is 0 Å². The van der Waals surface area contributed by atoms with E-state index in [1.54, 1.807) is 0 Å². The fourth-order valence-electron chi connectivity index (χ4n) is 3.52. The zero-order valence-electron chi connectivity index (χ0n) is 11.7. The van der Waals surface area contributed by atoms with Gasteiger partial charge >= 0.3 is 0 Å². The third kappa shape index (κ3) is 2.08. The Morgan fingerprint density at radius 2 is 2.17 bits per heavy atom. The Labute approximate surface area is 109 Å². The summed E-state index contributed by atoms with van der Waals surface area (Å²) in [6, 6.07) is 1.11. The Kier molecular flexibility index (Phi) is 3.16. The van der Waals surface area contributed by atoms with E-state index in [1.165, 1.54) is 43.7 Å². The largest absolute Gasteiger partial charge is 0.307 e. The van der Waals surface area contributed by atoms with Gasteiger partial charge in [-0.15, -0.1) is 0 Å². The number of fused-ring (bicyclic) bond motifs is 2. The number of hydrogen-bond donors (Lipinski definition) is 1. The summed E-state index contributed by atoms with van der Waals surface area (Å²) in [7, 11) is 2.01. The Morgan fingerprint density at radius 1 is 1.39 bits per heavy atom. The minimum absolute atomic E-state index is 0.413. The van der Waals surface area contributed by atoms with Crippen LogP contribution in [0, 0.1) is 12.8 Å². The molecular weight excluding hydrogens is 224 g/mol. The van der Waals surface area contributed by atoms with Crippen molar-refractivity contribution in [3.63, 3.8) is 0 Å². The molecule has 0 saturated carbocycles. The van der Waals surface area contributed by atoms with E-state index < -0.39 is 0 Å². The maximum atomic E-state index is 4.35. The van der Waals surface area contributed by atoms with Gasteiger partial charge < -0.3 is 10.2 Å². The topological polar surface area (TPSA) is 33.1 Å². The van der Waals surface area contributed by atoms with E-state index in [4.69, 9.17) is 0 Å². The van der Waals surface area contributed by atoms with Crippen LogP contribution in [0.2, 0.25) is 0 Å². The van der Waals surface area contributed by atoms with Crippen molar-refractivity contribution >= 4 is 0 Å². The van der Waals surface area contributed by atoms with Gasteiger partial charge in [0, 0.05) is 36.9 Å². The molecular formula is C14H24N4. The molecule has 4 atom stereocenters. The summed E-state index contributed by atoms with van der Waals surface area (Å²) in [5, 5.41) is 8.18. The van der Waals surface area contributed by atoms with Crippen LogP contribution in [-0.4, -0.2) is 40.4 Å². The predicted octanol–water partition coefficient (Wildman–Crippen LogP) is 1.47. The molecule has 4 heteroatoms. The maximum absolute atomic E-state index is 4.35. The van der Waals surface area contributed by atoms with Gasteiger partial charge in [-0.3, -0.25) is 4.68 Å². The number of aryl methyl sites for hydroxylation is 1. The lowest BCUT2D eigenvalue weighted by Gasteiger charge is -2.33. The summed E-state index contributed by atoms with van der Waals surface area (Å²) in [4.78, 5) is 2.60. The number of aromatic nitrogens is 2. The SMILES string of the molecule is Cc1c(C(C)NC2CCN3CCC2C3)cnn1C. The number of nitrogens with one attached hydrogen (secondary N) is 1. The molecule has 1 aromatic heterocycles. The molecule has 2 saturated heterocycles. The highest BCUT2D eigenvalue weighted by Gasteiger charge is 2.34. The van der Waals surface area contributed by atoms with Crippen LogP contribution in [0.1, 0.15) is 37.1 Å². The minimum atomic E-state index is 0.413. The van der Waals surface area contributed by atoms with E-state index >= 15 is 0 Å². The fourth-order valence-corrected chi connectivity index (χ4v) is 3.52. The lowest BCUT2D eigenvalue weighted by atomic mass is 9.93. The van der Waals surface area contributed by atoms with Gasteiger partial charge in [0.1, 0.15) is 0 Å². The molecule has 1 N–H and O–H groups in total. The van der Waals surface area contributed by atoms with Gasteiger partial charge in [0.25, 0.3) is 0 Å². The molecule has 2 aliphatic heterocycles. The molecule has 0 radical (unpaired) electrons. The zero-order valence-corrected chi connectivity index (χ0v) is 11.7. The van der Waals surface area contributed by atoms with Crippen LogP contribution in [0.4, 0.5) is 0 Å². The Balaban J connectivity index is 1.67. The van der Waals surface area contributed by atoms with Crippen molar-refractivity contribution in [2.75, 3.05) is 19.6 Å². The molecule has 1 aromatic rings.